The number of halogens is 1. The first-order valence-corrected chi connectivity index (χ1v) is 11.7. The lowest BCUT2D eigenvalue weighted by molar-refractivity contribution is -0.113. The van der Waals surface area contributed by atoms with Gasteiger partial charge < -0.3 is 5.32 Å². The molecule has 2 aromatic heterocycles. The number of anilines is 1. The molecule has 0 saturated heterocycles. The minimum atomic E-state index is -0.124. The molecule has 0 radical (unpaired) electrons. The molecular weight excluding hydrogens is 448 g/mol. The van der Waals surface area contributed by atoms with E-state index in [4.69, 9.17) is 11.6 Å². The topological polar surface area (TPSA) is 67.8 Å². The molecule has 4 rings (SSSR count). The molecule has 0 saturated carbocycles. The smallest absolute Gasteiger partial charge is 0.234 e. The lowest BCUT2D eigenvalue weighted by atomic mass is 10.2. The van der Waals surface area contributed by atoms with E-state index in [1.165, 1.54) is 11.8 Å². The third kappa shape index (κ3) is 5.31. The van der Waals surface area contributed by atoms with Gasteiger partial charge >= 0.3 is 0 Å². The van der Waals surface area contributed by atoms with Gasteiger partial charge in [-0.05, 0) is 43.7 Å². The normalized spacial score (nSPS) is 10.8. The van der Waals surface area contributed by atoms with Crippen molar-refractivity contribution < 1.29 is 4.79 Å². The van der Waals surface area contributed by atoms with Gasteiger partial charge in [0, 0.05) is 16.3 Å². The summed E-state index contributed by atoms with van der Waals surface area (Å²) >= 11 is 9.04. The maximum absolute atomic E-state index is 12.2. The van der Waals surface area contributed by atoms with Crippen LogP contribution < -0.4 is 5.32 Å². The van der Waals surface area contributed by atoms with E-state index >= 15 is 0 Å². The fourth-order valence-corrected chi connectivity index (χ4v) is 4.69. The molecule has 31 heavy (non-hydrogen) atoms. The standard InChI is InChI=1S/C23H19ClN4OS2/c1-14-8-9-17(12-18(14)24)26-20(29)13-30-21-11-10-19(27-28-21)22-15(2)25-23(31-22)16-6-4-3-5-7-16/h3-12H,13H2,1-2H3,(H,26,29). The van der Waals surface area contributed by atoms with Crippen LogP contribution in [-0.2, 0) is 4.79 Å². The van der Waals surface area contributed by atoms with Crippen LogP contribution in [-0.4, -0.2) is 26.8 Å². The third-order valence-corrected chi connectivity index (χ3v) is 7.05. The second kappa shape index (κ2) is 9.60. The molecular formula is C23H19ClN4OS2. The second-order valence-electron chi connectivity index (χ2n) is 6.86. The number of aryl methyl sites for hydroxylation is 2. The zero-order valence-electron chi connectivity index (χ0n) is 16.9. The van der Waals surface area contributed by atoms with Gasteiger partial charge in [-0.1, -0.05) is 59.8 Å². The summed E-state index contributed by atoms with van der Waals surface area (Å²) in [5.74, 6) is 0.110. The Labute approximate surface area is 193 Å². The number of nitrogens with one attached hydrogen (secondary N) is 1. The largest absolute Gasteiger partial charge is 0.325 e. The predicted octanol–water partition coefficient (Wildman–Crippen LogP) is 6.27. The second-order valence-corrected chi connectivity index (χ2v) is 9.26. The van der Waals surface area contributed by atoms with E-state index in [9.17, 15) is 4.79 Å². The highest BCUT2D eigenvalue weighted by Gasteiger charge is 2.13. The lowest BCUT2D eigenvalue weighted by Gasteiger charge is -2.06. The molecule has 2 heterocycles. The molecule has 0 aliphatic carbocycles. The molecule has 2 aromatic carbocycles. The van der Waals surface area contributed by atoms with Crippen molar-refractivity contribution in [1.82, 2.24) is 15.2 Å². The Morgan fingerprint density at radius 2 is 1.87 bits per heavy atom. The first kappa shape index (κ1) is 21.5. The van der Waals surface area contributed by atoms with Crippen LogP contribution in [0.3, 0.4) is 0 Å². The van der Waals surface area contributed by atoms with Crippen LogP contribution in [0, 0.1) is 13.8 Å². The van der Waals surface area contributed by atoms with Crippen LogP contribution in [0.5, 0.6) is 0 Å². The van der Waals surface area contributed by atoms with Crippen LogP contribution >= 0.6 is 34.7 Å². The molecule has 5 nitrogen and oxygen atoms in total. The number of thioether (sulfide) groups is 1. The first-order valence-electron chi connectivity index (χ1n) is 9.55. The van der Waals surface area contributed by atoms with Gasteiger partial charge in [-0.2, -0.15) is 0 Å². The summed E-state index contributed by atoms with van der Waals surface area (Å²) in [5, 5.41) is 13.7. The van der Waals surface area contributed by atoms with Gasteiger partial charge in [0.25, 0.3) is 0 Å². The molecule has 1 N–H and O–H groups in total. The van der Waals surface area contributed by atoms with Crippen LogP contribution in [0.4, 0.5) is 5.69 Å². The van der Waals surface area contributed by atoms with Gasteiger partial charge in [-0.3, -0.25) is 4.79 Å². The highest BCUT2D eigenvalue weighted by molar-refractivity contribution is 7.99. The average molecular weight is 467 g/mol. The zero-order chi connectivity index (χ0) is 21.8. The molecule has 156 valence electrons. The number of hydrogen-bond acceptors (Lipinski definition) is 6. The Bertz CT molecular complexity index is 1210. The number of carbonyl (C=O) groups is 1. The first-order chi connectivity index (χ1) is 15.0. The molecule has 1 amide bonds. The lowest BCUT2D eigenvalue weighted by Crippen LogP contribution is -2.14. The molecule has 4 aromatic rings. The molecule has 0 aliphatic rings. The molecule has 8 heteroatoms. The molecule has 0 fully saturated rings. The van der Waals surface area contributed by atoms with Crippen molar-refractivity contribution in [3.63, 3.8) is 0 Å². The monoisotopic (exact) mass is 466 g/mol. The van der Waals surface area contributed by atoms with E-state index in [2.05, 4.69) is 20.5 Å². The number of aromatic nitrogens is 3. The van der Waals surface area contributed by atoms with Gasteiger partial charge in [0.2, 0.25) is 5.91 Å². The van der Waals surface area contributed by atoms with Crippen molar-refractivity contribution in [3.05, 3.63) is 76.9 Å². The van der Waals surface area contributed by atoms with Crippen LogP contribution in [0.15, 0.2) is 65.7 Å². The van der Waals surface area contributed by atoms with E-state index in [1.807, 2.05) is 68.4 Å². The summed E-state index contributed by atoms with van der Waals surface area (Å²) in [4.78, 5) is 17.9. The van der Waals surface area contributed by atoms with Crippen molar-refractivity contribution in [1.29, 1.82) is 0 Å². The van der Waals surface area contributed by atoms with Gasteiger partial charge in [0.05, 0.1) is 16.3 Å². The number of nitrogens with zero attached hydrogens (tertiary/aromatic N) is 3. The molecule has 0 spiro atoms. The fraction of sp³-hybridized carbons (Fsp3) is 0.130. The minimum absolute atomic E-state index is 0.124. The molecule has 0 bridgehead atoms. The molecule has 0 unspecified atom stereocenters. The van der Waals surface area contributed by atoms with E-state index in [-0.39, 0.29) is 11.7 Å². The van der Waals surface area contributed by atoms with Crippen molar-refractivity contribution in [2.75, 3.05) is 11.1 Å². The van der Waals surface area contributed by atoms with Crippen molar-refractivity contribution in [2.45, 2.75) is 18.9 Å². The van der Waals surface area contributed by atoms with E-state index in [0.717, 1.165) is 32.4 Å². The number of rotatable bonds is 6. The Morgan fingerprint density at radius 3 is 2.58 bits per heavy atom. The summed E-state index contributed by atoms with van der Waals surface area (Å²) in [6.45, 7) is 3.90. The summed E-state index contributed by atoms with van der Waals surface area (Å²) in [6, 6.07) is 19.3. The van der Waals surface area contributed by atoms with E-state index in [0.29, 0.717) is 15.7 Å². The van der Waals surface area contributed by atoms with Crippen molar-refractivity contribution in [3.8, 4) is 21.1 Å². The SMILES string of the molecule is Cc1ccc(NC(=O)CSc2ccc(-c3sc(-c4ccccc4)nc3C)nn2)cc1Cl. The van der Waals surface area contributed by atoms with E-state index < -0.39 is 0 Å². The number of benzene rings is 2. The van der Waals surface area contributed by atoms with Gasteiger partial charge in [-0.25, -0.2) is 4.98 Å². The maximum Gasteiger partial charge on any atom is 0.234 e. The van der Waals surface area contributed by atoms with Crippen molar-refractivity contribution in [2.24, 2.45) is 0 Å². The Hall–Kier alpha value is -2.74. The predicted molar refractivity (Wildman–Crippen MR) is 129 cm³/mol. The number of hydrogen-bond donors (Lipinski definition) is 1. The maximum atomic E-state index is 12.2. The van der Waals surface area contributed by atoms with Gasteiger partial charge in [0.1, 0.15) is 15.7 Å². The fourth-order valence-electron chi connectivity index (χ4n) is 2.86. The van der Waals surface area contributed by atoms with Crippen LogP contribution in [0.1, 0.15) is 11.3 Å². The number of amides is 1. The summed E-state index contributed by atoms with van der Waals surface area (Å²) in [7, 11) is 0. The highest BCUT2D eigenvalue weighted by atomic mass is 35.5. The summed E-state index contributed by atoms with van der Waals surface area (Å²) < 4.78 is 0. The molecule has 0 aliphatic heterocycles. The van der Waals surface area contributed by atoms with Crippen LogP contribution in [0.2, 0.25) is 5.02 Å². The summed E-state index contributed by atoms with van der Waals surface area (Å²) in [5.41, 5.74) is 4.44. The quantitative estimate of drug-likeness (QED) is 0.339. The van der Waals surface area contributed by atoms with Gasteiger partial charge in [-0.15, -0.1) is 21.5 Å². The van der Waals surface area contributed by atoms with E-state index in [1.54, 1.807) is 17.4 Å². The van der Waals surface area contributed by atoms with Crippen LogP contribution in [0.25, 0.3) is 21.1 Å². The van der Waals surface area contributed by atoms with Crippen molar-refractivity contribution >= 4 is 46.3 Å². The summed E-state index contributed by atoms with van der Waals surface area (Å²) in [6.07, 6.45) is 0. The zero-order valence-corrected chi connectivity index (χ0v) is 19.3. The molecule has 0 atom stereocenters. The number of carbonyl (C=O) groups excluding carboxylic acids is 1. The third-order valence-electron chi connectivity index (χ3n) is 4.50. The Morgan fingerprint density at radius 1 is 1.06 bits per heavy atom. The highest BCUT2D eigenvalue weighted by Crippen LogP contribution is 2.34. The Balaban J connectivity index is 1.39. The number of thiazole rings is 1. The average Bonchev–Trinajstić information content (AvgIpc) is 3.17. The minimum Gasteiger partial charge on any atom is -0.325 e. The van der Waals surface area contributed by atoms with Gasteiger partial charge in [0.15, 0.2) is 0 Å². The Kier molecular flexibility index (Phi) is 6.65.